The van der Waals surface area contributed by atoms with Crippen LogP contribution in [-0.2, 0) is 23.1 Å². The summed E-state index contributed by atoms with van der Waals surface area (Å²) in [6, 6.07) is 0. The number of aryl methyl sites for hydroxylation is 1. The first kappa shape index (κ1) is 15.0. The molecule has 0 radical (unpaired) electrons. The number of nitrogens with one attached hydrogen (secondary N) is 1. The average molecular weight is 281 g/mol. The Balaban J connectivity index is 1.82. The summed E-state index contributed by atoms with van der Waals surface area (Å²) in [6.45, 7) is 5.48. The average Bonchev–Trinajstić information content (AvgIpc) is 3.05. The molecule has 20 heavy (non-hydrogen) atoms. The van der Waals surface area contributed by atoms with Gasteiger partial charge in [-0.15, -0.1) is 0 Å². The molecule has 112 valence electrons. The third kappa shape index (κ3) is 3.80. The van der Waals surface area contributed by atoms with Crippen molar-refractivity contribution in [2.45, 2.75) is 26.3 Å². The number of carbonyl (C=O) groups is 1. The van der Waals surface area contributed by atoms with E-state index in [1.54, 1.807) is 17.8 Å². The summed E-state index contributed by atoms with van der Waals surface area (Å²) in [7, 11) is 1.84. The lowest BCUT2D eigenvalue weighted by Gasteiger charge is -2.10. The third-order valence-electron chi connectivity index (χ3n) is 3.60. The van der Waals surface area contributed by atoms with Crippen LogP contribution in [0.1, 0.15) is 35.8 Å². The Morgan fingerprint density at radius 1 is 1.65 bits per heavy atom. The minimum Gasteiger partial charge on any atom is -0.462 e. The van der Waals surface area contributed by atoms with E-state index in [-0.39, 0.29) is 5.97 Å². The zero-order valence-corrected chi connectivity index (χ0v) is 12.2. The van der Waals surface area contributed by atoms with Gasteiger partial charge in [-0.3, -0.25) is 4.68 Å². The van der Waals surface area contributed by atoms with Crippen molar-refractivity contribution in [1.82, 2.24) is 15.1 Å². The molecule has 1 fully saturated rings. The Morgan fingerprint density at radius 3 is 3.20 bits per heavy atom. The fourth-order valence-corrected chi connectivity index (χ4v) is 2.38. The number of rotatable bonds is 7. The zero-order valence-electron chi connectivity index (χ0n) is 12.2. The van der Waals surface area contributed by atoms with Crippen LogP contribution < -0.4 is 5.32 Å². The molecule has 2 heterocycles. The number of hydrogen-bond donors (Lipinski definition) is 1. The number of aromatic nitrogens is 2. The third-order valence-corrected chi connectivity index (χ3v) is 3.60. The van der Waals surface area contributed by atoms with E-state index in [4.69, 9.17) is 9.47 Å². The Morgan fingerprint density at radius 2 is 2.50 bits per heavy atom. The van der Waals surface area contributed by atoms with Gasteiger partial charge in [0.05, 0.1) is 18.5 Å². The summed E-state index contributed by atoms with van der Waals surface area (Å²) in [5.41, 5.74) is 1.41. The minimum absolute atomic E-state index is 0.304. The van der Waals surface area contributed by atoms with Crippen LogP contribution in [0.4, 0.5) is 0 Å². The second-order valence-corrected chi connectivity index (χ2v) is 5.04. The molecule has 2 rings (SSSR count). The van der Waals surface area contributed by atoms with Crippen molar-refractivity contribution in [3.63, 3.8) is 0 Å². The van der Waals surface area contributed by atoms with E-state index in [2.05, 4.69) is 10.4 Å². The topological polar surface area (TPSA) is 65.4 Å². The highest BCUT2D eigenvalue weighted by molar-refractivity contribution is 5.90. The highest BCUT2D eigenvalue weighted by Crippen LogP contribution is 2.15. The molecular formula is C14H23N3O3. The number of carbonyl (C=O) groups excluding carboxylic acids is 1. The van der Waals surface area contributed by atoms with E-state index in [0.29, 0.717) is 24.6 Å². The molecule has 1 aliphatic heterocycles. The van der Waals surface area contributed by atoms with E-state index < -0.39 is 0 Å². The maximum Gasteiger partial charge on any atom is 0.341 e. The quantitative estimate of drug-likeness (QED) is 0.599. The second kappa shape index (κ2) is 7.40. The number of nitrogens with zero attached hydrogens (tertiary/aromatic N) is 2. The zero-order chi connectivity index (χ0) is 14.4. The van der Waals surface area contributed by atoms with Gasteiger partial charge in [-0.25, -0.2) is 4.79 Å². The van der Waals surface area contributed by atoms with Crippen molar-refractivity contribution in [1.29, 1.82) is 0 Å². The first-order chi connectivity index (χ1) is 9.72. The van der Waals surface area contributed by atoms with Crippen molar-refractivity contribution in [3.05, 3.63) is 17.5 Å². The van der Waals surface area contributed by atoms with Crippen LogP contribution in [0.3, 0.4) is 0 Å². The Bertz CT molecular complexity index is 439. The molecule has 6 heteroatoms. The molecular weight excluding hydrogens is 258 g/mol. The van der Waals surface area contributed by atoms with E-state index in [0.717, 1.165) is 38.3 Å². The second-order valence-electron chi connectivity index (χ2n) is 5.04. The number of ether oxygens (including phenoxy) is 2. The van der Waals surface area contributed by atoms with Gasteiger partial charge >= 0.3 is 5.97 Å². The highest BCUT2D eigenvalue weighted by Gasteiger charge is 2.18. The fraction of sp³-hybridized carbons (Fsp3) is 0.714. The maximum absolute atomic E-state index is 11.8. The standard InChI is InChI=1S/C14H23N3O3/c1-3-20-14(18)12-8-16-17(2)13(12)9-15-6-4-11-5-7-19-10-11/h8,11,15H,3-7,9-10H2,1-2H3. The maximum atomic E-state index is 11.8. The van der Waals surface area contributed by atoms with Crippen molar-refractivity contribution in [2.24, 2.45) is 13.0 Å². The van der Waals surface area contributed by atoms with E-state index in [1.807, 2.05) is 7.05 Å². The van der Waals surface area contributed by atoms with Gasteiger partial charge in [-0.05, 0) is 32.2 Å². The highest BCUT2D eigenvalue weighted by atomic mass is 16.5. The molecule has 1 aliphatic rings. The van der Waals surface area contributed by atoms with Crippen molar-refractivity contribution >= 4 is 5.97 Å². The van der Waals surface area contributed by atoms with Crippen LogP contribution in [0.25, 0.3) is 0 Å². The molecule has 0 saturated carbocycles. The largest absolute Gasteiger partial charge is 0.462 e. The van der Waals surface area contributed by atoms with E-state index in [1.165, 1.54) is 0 Å². The van der Waals surface area contributed by atoms with Gasteiger partial charge in [0.15, 0.2) is 0 Å². The predicted octanol–water partition coefficient (Wildman–Crippen LogP) is 1.11. The summed E-state index contributed by atoms with van der Waals surface area (Å²) < 4.78 is 12.1. The summed E-state index contributed by atoms with van der Waals surface area (Å²) >= 11 is 0. The van der Waals surface area contributed by atoms with Crippen LogP contribution in [-0.4, -0.2) is 42.1 Å². The number of hydrogen-bond acceptors (Lipinski definition) is 5. The molecule has 0 aromatic carbocycles. The van der Waals surface area contributed by atoms with Crippen LogP contribution >= 0.6 is 0 Å². The van der Waals surface area contributed by atoms with Crippen LogP contribution in [0.2, 0.25) is 0 Å². The summed E-state index contributed by atoms with van der Waals surface area (Å²) in [6.07, 6.45) is 3.83. The number of esters is 1. The van der Waals surface area contributed by atoms with Crippen molar-refractivity contribution in [3.8, 4) is 0 Å². The molecule has 1 N–H and O–H groups in total. The molecule has 1 atom stereocenters. The molecule has 0 bridgehead atoms. The summed E-state index contributed by atoms with van der Waals surface area (Å²) in [5, 5.41) is 7.50. The molecule has 6 nitrogen and oxygen atoms in total. The van der Waals surface area contributed by atoms with E-state index >= 15 is 0 Å². The smallest absolute Gasteiger partial charge is 0.341 e. The van der Waals surface area contributed by atoms with E-state index in [9.17, 15) is 4.79 Å². The molecule has 0 spiro atoms. The van der Waals surface area contributed by atoms with Crippen LogP contribution in [0.15, 0.2) is 6.20 Å². The van der Waals surface area contributed by atoms with Crippen LogP contribution in [0, 0.1) is 5.92 Å². The van der Waals surface area contributed by atoms with Gasteiger partial charge in [-0.2, -0.15) is 5.10 Å². The summed E-state index contributed by atoms with van der Waals surface area (Å²) in [4.78, 5) is 11.8. The molecule has 1 saturated heterocycles. The normalized spacial score (nSPS) is 18.4. The van der Waals surface area contributed by atoms with Crippen LogP contribution in [0.5, 0.6) is 0 Å². The Hall–Kier alpha value is -1.40. The molecule has 1 aromatic heterocycles. The van der Waals surface area contributed by atoms with Gasteiger partial charge in [0.2, 0.25) is 0 Å². The lowest BCUT2D eigenvalue weighted by molar-refractivity contribution is 0.0524. The SMILES string of the molecule is CCOC(=O)c1cnn(C)c1CNCCC1CCOC1. The first-order valence-electron chi connectivity index (χ1n) is 7.18. The Kier molecular flexibility index (Phi) is 5.55. The van der Waals surface area contributed by atoms with Gasteiger partial charge in [-0.1, -0.05) is 0 Å². The van der Waals surface area contributed by atoms with Gasteiger partial charge in [0.25, 0.3) is 0 Å². The molecule has 1 unspecified atom stereocenters. The van der Waals surface area contributed by atoms with Gasteiger partial charge < -0.3 is 14.8 Å². The van der Waals surface area contributed by atoms with Gasteiger partial charge in [0, 0.05) is 26.8 Å². The Labute approximate surface area is 119 Å². The molecule has 0 aliphatic carbocycles. The van der Waals surface area contributed by atoms with Crippen molar-refractivity contribution < 1.29 is 14.3 Å². The fourth-order valence-electron chi connectivity index (χ4n) is 2.38. The molecule has 0 amide bonds. The van der Waals surface area contributed by atoms with Crippen molar-refractivity contribution in [2.75, 3.05) is 26.4 Å². The predicted molar refractivity (Wildman–Crippen MR) is 74.4 cm³/mol. The monoisotopic (exact) mass is 281 g/mol. The van der Waals surface area contributed by atoms with Gasteiger partial charge in [0.1, 0.15) is 5.56 Å². The lowest BCUT2D eigenvalue weighted by Crippen LogP contribution is -2.21. The molecule has 1 aromatic rings. The summed E-state index contributed by atoms with van der Waals surface area (Å²) in [5.74, 6) is 0.361. The first-order valence-corrected chi connectivity index (χ1v) is 7.18. The minimum atomic E-state index is -0.304. The lowest BCUT2D eigenvalue weighted by atomic mass is 10.1.